The van der Waals surface area contributed by atoms with Gasteiger partial charge in [-0.2, -0.15) is 0 Å². The lowest BCUT2D eigenvalue weighted by Crippen LogP contribution is -2.62. The summed E-state index contributed by atoms with van der Waals surface area (Å²) in [4.78, 5) is 36.8. The molecule has 4 aliphatic carbocycles. The molecule has 6 heteroatoms. The molecule has 0 aromatic carbocycles. The maximum absolute atomic E-state index is 13.1. The predicted molar refractivity (Wildman–Crippen MR) is 114 cm³/mol. The van der Waals surface area contributed by atoms with Gasteiger partial charge in [0.1, 0.15) is 5.60 Å². The molecule has 3 unspecified atom stereocenters. The minimum absolute atomic E-state index is 0.0403. The van der Waals surface area contributed by atoms with Crippen LogP contribution in [-0.4, -0.2) is 46.1 Å². The molecule has 4 rings (SSSR count). The smallest absolute Gasteiger partial charge is 0.306 e. The molecule has 3 fully saturated rings. The van der Waals surface area contributed by atoms with Crippen LogP contribution in [0.1, 0.15) is 78.6 Å². The van der Waals surface area contributed by atoms with E-state index >= 15 is 0 Å². The van der Waals surface area contributed by atoms with Crippen LogP contribution in [0.5, 0.6) is 0 Å². The second-order valence-corrected chi connectivity index (χ2v) is 10.8. The van der Waals surface area contributed by atoms with Crippen LogP contribution in [-0.2, 0) is 19.1 Å². The molecule has 6 nitrogen and oxygen atoms in total. The molecule has 0 spiro atoms. The van der Waals surface area contributed by atoms with Crippen LogP contribution < -0.4 is 0 Å². The number of allylic oxidation sites excluding steroid dienone is 1. The third-order valence-electron chi connectivity index (χ3n) is 9.33. The highest BCUT2D eigenvalue weighted by molar-refractivity contribution is 5.92. The second kappa shape index (κ2) is 7.80. The van der Waals surface area contributed by atoms with E-state index in [-0.39, 0.29) is 35.4 Å². The predicted octanol–water partition coefficient (Wildman–Crippen LogP) is 3.13. The Morgan fingerprint density at radius 1 is 1.19 bits per heavy atom. The van der Waals surface area contributed by atoms with E-state index in [1.807, 2.05) is 13.8 Å². The van der Waals surface area contributed by atoms with Crippen molar-refractivity contribution in [2.75, 3.05) is 6.61 Å². The molecule has 0 aromatic heterocycles. The van der Waals surface area contributed by atoms with Crippen molar-refractivity contribution in [3.8, 4) is 0 Å². The van der Waals surface area contributed by atoms with Crippen LogP contribution in [0.15, 0.2) is 11.6 Å². The molecule has 172 valence electrons. The van der Waals surface area contributed by atoms with Gasteiger partial charge in [0.25, 0.3) is 0 Å². The fourth-order valence-electron chi connectivity index (χ4n) is 7.69. The molecular formula is C25H36O6. The normalized spacial score (nSPS) is 44.0. The van der Waals surface area contributed by atoms with E-state index in [9.17, 15) is 24.6 Å². The van der Waals surface area contributed by atoms with Crippen molar-refractivity contribution in [2.24, 2.45) is 28.6 Å². The molecule has 0 heterocycles. The summed E-state index contributed by atoms with van der Waals surface area (Å²) in [6, 6.07) is 0. The topological polar surface area (TPSA) is 101 Å². The summed E-state index contributed by atoms with van der Waals surface area (Å²) in [6.45, 7) is 5.59. The first kappa shape index (κ1) is 22.7. The average molecular weight is 433 g/mol. The number of aliphatic hydroxyl groups excluding tert-OH is 1. The number of esters is 1. The summed E-state index contributed by atoms with van der Waals surface area (Å²) in [5.41, 5.74) is -1.36. The highest BCUT2D eigenvalue weighted by Crippen LogP contribution is 2.67. The Labute approximate surface area is 184 Å². The Morgan fingerprint density at radius 3 is 2.65 bits per heavy atom. The maximum Gasteiger partial charge on any atom is 0.306 e. The van der Waals surface area contributed by atoms with Gasteiger partial charge in [-0.05, 0) is 74.2 Å². The van der Waals surface area contributed by atoms with Crippen molar-refractivity contribution in [1.82, 2.24) is 0 Å². The minimum Gasteiger partial charge on any atom is -0.458 e. The van der Waals surface area contributed by atoms with Crippen LogP contribution >= 0.6 is 0 Å². The molecular weight excluding hydrogens is 396 g/mol. The third kappa shape index (κ3) is 3.32. The Kier molecular flexibility index (Phi) is 5.70. The van der Waals surface area contributed by atoms with E-state index in [2.05, 4.69) is 6.92 Å². The van der Waals surface area contributed by atoms with Gasteiger partial charge in [0.2, 0.25) is 5.78 Å². The van der Waals surface area contributed by atoms with Gasteiger partial charge >= 0.3 is 5.97 Å². The summed E-state index contributed by atoms with van der Waals surface area (Å²) in [6.07, 6.45) is 6.46. The first-order valence-electron chi connectivity index (χ1n) is 11.9. The molecule has 0 aliphatic heterocycles. The van der Waals surface area contributed by atoms with Gasteiger partial charge in [-0.1, -0.05) is 26.3 Å². The van der Waals surface area contributed by atoms with Crippen molar-refractivity contribution in [3.63, 3.8) is 0 Å². The number of ketones is 2. The standard InChI is InChI=1S/C25H36O6/c1-4-5-21(29)31-14-20(28)25(30)11-9-18-17-7-6-15-12-16(26)8-10-23(15,2)22(17)19(27)13-24(18,25)3/h12,17-19,22,27,30H,4-11,13-14H2,1-3H3/t17?,18?,19-,22?,23-,24-,25-/m0/s1. The molecule has 0 saturated heterocycles. The summed E-state index contributed by atoms with van der Waals surface area (Å²) < 4.78 is 5.13. The Morgan fingerprint density at radius 2 is 1.94 bits per heavy atom. The molecule has 31 heavy (non-hydrogen) atoms. The van der Waals surface area contributed by atoms with Gasteiger partial charge in [0, 0.05) is 18.3 Å². The summed E-state index contributed by atoms with van der Waals surface area (Å²) in [7, 11) is 0. The summed E-state index contributed by atoms with van der Waals surface area (Å²) in [5.74, 6) is -0.323. The second-order valence-electron chi connectivity index (χ2n) is 10.8. The number of carbonyl (C=O) groups is 3. The molecule has 7 atom stereocenters. The third-order valence-corrected chi connectivity index (χ3v) is 9.33. The van der Waals surface area contributed by atoms with Crippen molar-refractivity contribution < 1.29 is 29.3 Å². The Hall–Kier alpha value is -1.53. The molecule has 0 amide bonds. The van der Waals surface area contributed by atoms with Crippen molar-refractivity contribution in [1.29, 1.82) is 0 Å². The molecule has 0 radical (unpaired) electrons. The quantitative estimate of drug-likeness (QED) is 0.648. The fraction of sp³-hybridized carbons (Fsp3) is 0.800. The van der Waals surface area contributed by atoms with Crippen molar-refractivity contribution >= 4 is 17.5 Å². The van der Waals surface area contributed by atoms with Gasteiger partial charge in [-0.15, -0.1) is 0 Å². The molecule has 4 aliphatic rings. The van der Waals surface area contributed by atoms with Crippen LogP contribution in [0, 0.1) is 28.6 Å². The van der Waals surface area contributed by atoms with Crippen molar-refractivity contribution in [2.45, 2.75) is 90.3 Å². The van der Waals surface area contributed by atoms with E-state index < -0.39 is 35.5 Å². The zero-order chi connectivity index (χ0) is 22.6. The largest absolute Gasteiger partial charge is 0.458 e. The monoisotopic (exact) mass is 432 g/mol. The van der Waals surface area contributed by atoms with Gasteiger partial charge < -0.3 is 14.9 Å². The Bertz CT molecular complexity index is 817. The van der Waals surface area contributed by atoms with E-state index in [1.165, 1.54) is 5.57 Å². The van der Waals surface area contributed by atoms with Crippen LogP contribution in [0.2, 0.25) is 0 Å². The minimum atomic E-state index is -1.59. The number of rotatable bonds is 5. The molecule has 0 bridgehead atoms. The fourth-order valence-corrected chi connectivity index (χ4v) is 7.69. The van der Waals surface area contributed by atoms with E-state index in [0.717, 1.165) is 25.7 Å². The Balaban J connectivity index is 1.59. The van der Waals surface area contributed by atoms with Crippen LogP contribution in [0.25, 0.3) is 0 Å². The van der Waals surface area contributed by atoms with Crippen LogP contribution in [0.4, 0.5) is 0 Å². The lowest BCUT2D eigenvalue weighted by Gasteiger charge is -2.60. The van der Waals surface area contributed by atoms with Gasteiger partial charge in [0.05, 0.1) is 6.10 Å². The highest BCUT2D eigenvalue weighted by atomic mass is 16.5. The molecule has 0 aromatic rings. The molecule has 3 saturated carbocycles. The zero-order valence-electron chi connectivity index (χ0n) is 19.0. The van der Waals surface area contributed by atoms with Crippen molar-refractivity contribution in [3.05, 3.63) is 11.6 Å². The number of hydrogen-bond acceptors (Lipinski definition) is 6. The lowest BCUT2D eigenvalue weighted by atomic mass is 9.45. The van der Waals surface area contributed by atoms with E-state index in [0.29, 0.717) is 25.7 Å². The lowest BCUT2D eigenvalue weighted by molar-refractivity contribution is -0.184. The van der Waals surface area contributed by atoms with Gasteiger partial charge in [-0.3, -0.25) is 14.4 Å². The van der Waals surface area contributed by atoms with E-state index in [4.69, 9.17) is 4.74 Å². The first-order valence-corrected chi connectivity index (χ1v) is 11.9. The number of Topliss-reactive ketones (excluding diaryl/α,β-unsaturated/α-hetero) is 1. The van der Waals surface area contributed by atoms with Gasteiger partial charge in [0.15, 0.2) is 12.4 Å². The molecule has 2 N–H and O–H groups in total. The highest BCUT2D eigenvalue weighted by Gasteiger charge is 2.68. The number of carbonyl (C=O) groups excluding carboxylic acids is 3. The average Bonchev–Trinajstić information content (AvgIpc) is 2.98. The number of aliphatic hydroxyl groups is 2. The van der Waals surface area contributed by atoms with E-state index in [1.54, 1.807) is 6.08 Å². The SMILES string of the molecule is CCCC(=O)OCC(=O)[C@@]1(O)CCC2C3CCC4=CC(=O)CC[C@]4(C)C3[C@@H](O)C[C@@]21C. The van der Waals surface area contributed by atoms with Crippen LogP contribution in [0.3, 0.4) is 0 Å². The number of fused-ring (bicyclic) bond motifs is 5. The number of hydrogen-bond donors (Lipinski definition) is 2. The summed E-state index contributed by atoms with van der Waals surface area (Å²) in [5, 5.41) is 23.0. The number of ether oxygens (including phenoxy) is 1. The first-order chi connectivity index (χ1) is 14.6. The zero-order valence-corrected chi connectivity index (χ0v) is 19.0. The van der Waals surface area contributed by atoms with Gasteiger partial charge in [-0.25, -0.2) is 0 Å². The summed E-state index contributed by atoms with van der Waals surface area (Å²) >= 11 is 0. The maximum atomic E-state index is 13.1.